The second-order valence-corrected chi connectivity index (χ2v) is 8.41. The number of amides is 2. The lowest BCUT2D eigenvalue weighted by atomic mass is 9.98. The average molecular weight is 375 g/mol. The predicted octanol–water partition coefficient (Wildman–Crippen LogP) is 0.293. The van der Waals surface area contributed by atoms with Crippen LogP contribution in [0.3, 0.4) is 0 Å². The number of sulfonamides is 1. The Kier molecular flexibility index (Phi) is 5.30. The van der Waals surface area contributed by atoms with Crippen LogP contribution >= 0.6 is 0 Å². The third kappa shape index (κ3) is 3.74. The normalized spacial score (nSPS) is 21.7. The molecular weight excluding hydrogens is 354 g/mol. The van der Waals surface area contributed by atoms with Gasteiger partial charge in [-0.1, -0.05) is 6.07 Å². The van der Waals surface area contributed by atoms with E-state index in [4.69, 9.17) is 6.42 Å². The van der Waals surface area contributed by atoms with E-state index in [1.165, 1.54) is 12.1 Å². The minimum absolute atomic E-state index is 0.0172. The number of hydrogen-bond acceptors (Lipinski definition) is 4. The first-order chi connectivity index (χ1) is 12.4. The number of piperazine rings is 1. The number of nitrogens with zero attached hydrogens (tertiary/aromatic N) is 2. The predicted molar refractivity (Wildman–Crippen MR) is 95.7 cm³/mol. The summed E-state index contributed by atoms with van der Waals surface area (Å²) in [6.07, 6.45) is 7.20. The van der Waals surface area contributed by atoms with Crippen LogP contribution in [0.1, 0.15) is 23.2 Å². The van der Waals surface area contributed by atoms with E-state index in [-0.39, 0.29) is 42.3 Å². The summed E-state index contributed by atoms with van der Waals surface area (Å²) in [5.41, 5.74) is 0.310. The highest BCUT2D eigenvalue weighted by atomic mass is 32.2. The molecule has 2 aliphatic rings. The Morgan fingerprint density at radius 2 is 2.12 bits per heavy atom. The van der Waals surface area contributed by atoms with Crippen LogP contribution in [0.25, 0.3) is 0 Å². The summed E-state index contributed by atoms with van der Waals surface area (Å²) in [5, 5.41) is 2.60. The molecule has 1 aromatic carbocycles. The van der Waals surface area contributed by atoms with E-state index in [2.05, 4.69) is 11.2 Å². The van der Waals surface area contributed by atoms with Gasteiger partial charge in [-0.25, -0.2) is 8.42 Å². The molecule has 0 aliphatic carbocycles. The second-order valence-electron chi connectivity index (χ2n) is 6.47. The van der Waals surface area contributed by atoms with E-state index >= 15 is 0 Å². The van der Waals surface area contributed by atoms with E-state index in [1.807, 2.05) is 0 Å². The third-order valence-corrected chi connectivity index (χ3v) is 6.51. The molecule has 0 bridgehead atoms. The van der Waals surface area contributed by atoms with Gasteiger partial charge in [-0.15, -0.1) is 12.3 Å². The maximum atomic E-state index is 12.8. The number of benzene rings is 1. The first-order valence-corrected chi connectivity index (χ1v) is 9.98. The first kappa shape index (κ1) is 18.4. The van der Waals surface area contributed by atoms with E-state index in [9.17, 15) is 18.0 Å². The molecule has 0 radical (unpaired) electrons. The Hall–Kier alpha value is -2.37. The van der Waals surface area contributed by atoms with Crippen molar-refractivity contribution in [2.75, 3.05) is 32.7 Å². The second kappa shape index (κ2) is 7.48. The van der Waals surface area contributed by atoms with E-state index < -0.39 is 10.0 Å². The standard InChI is InChI=1S/C18H21N3O4S/c1-2-14-5-4-9-20(12-14)18(23)15-6-3-7-16(11-15)26(24,25)21-10-8-19-17(22)13-21/h1,3,6-7,11,14H,4-5,8-10,12-13H2,(H,19,22)/t14-/m1/s1. The molecule has 138 valence electrons. The van der Waals surface area contributed by atoms with Crippen molar-refractivity contribution in [3.63, 3.8) is 0 Å². The topological polar surface area (TPSA) is 86.8 Å². The van der Waals surface area contributed by atoms with Crippen LogP contribution in [0.15, 0.2) is 29.2 Å². The Morgan fingerprint density at radius 1 is 1.31 bits per heavy atom. The molecular formula is C18H21N3O4S. The molecule has 2 amide bonds. The number of rotatable bonds is 3. The average Bonchev–Trinajstić information content (AvgIpc) is 2.67. The Labute approximate surface area is 153 Å². The molecule has 2 fully saturated rings. The third-order valence-electron chi connectivity index (χ3n) is 4.67. The lowest BCUT2D eigenvalue weighted by Crippen LogP contribution is -2.49. The highest BCUT2D eigenvalue weighted by Crippen LogP contribution is 2.21. The minimum Gasteiger partial charge on any atom is -0.354 e. The number of hydrogen-bond donors (Lipinski definition) is 1. The molecule has 0 aromatic heterocycles. The molecule has 1 N–H and O–H groups in total. The van der Waals surface area contributed by atoms with Crippen molar-refractivity contribution in [3.8, 4) is 12.3 Å². The number of likely N-dealkylation sites (tertiary alicyclic amines) is 1. The quantitative estimate of drug-likeness (QED) is 0.770. The van der Waals surface area contributed by atoms with E-state index in [1.54, 1.807) is 17.0 Å². The summed E-state index contributed by atoms with van der Waals surface area (Å²) in [6, 6.07) is 5.97. The fourth-order valence-electron chi connectivity index (χ4n) is 3.24. The van der Waals surface area contributed by atoms with Gasteiger partial charge in [-0.2, -0.15) is 4.31 Å². The maximum absolute atomic E-state index is 12.8. The molecule has 0 saturated carbocycles. The summed E-state index contributed by atoms with van der Waals surface area (Å²) >= 11 is 0. The molecule has 1 atom stereocenters. The minimum atomic E-state index is -3.83. The van der Waals surface area contributed by atoms with Crippen molar-refractivity contribution in [3.05, 3.63) is 29.8 Å². The van der Waals surface area contributed by atoms with Gasteiger partial charge in [-0.3, -0.25) is 9.59 Å². The van der Waals surface area contributed by atoms with Crippen LogP contribution < -0.4 is 5.32 Å². The zero-order valence-corrected chi connectivity index (χ0v) is 15.2. The van der Waals surface area contributed by atoms with Gasteiger partial charge in [-0.05, 0) is 31.0 Å². The highest BCUT2D eigenvalue weighted by molar-refractivity contribution is 7.89. The molecule has 26 heavy (non-hydrogen) atoms. The number of carbonyl (C=O) groups is 2. The number of nitrogens with one attached hydrogen (secondary N) is 1. The van der Waals surface area contributed by atoms with Crippen LogP contribution in [0.2, 0.25) is 0 Å². The molecule has 7 nitrogen and oxygen atoms in total. The summed E-state index contributed by atoms with van der Waals surface area (Å²) in [6.45, 7) is 1.37. The van der Waals surface area contributed by atoms with Crippen LogP contribution in [0.5, 0.6) is 0 Å². The van der Waals surface area contributed by atoms with Crippen molar-refractivity contribution in [2.24, 2.45) is 5.92 Å². The zero-order chi connectivity index (χ0) is 18.7. The highest BCUT2D eigenvalue weighted by Gasteiger charge is 2.30. The molecule has 2 aliphatic heterocycles. The Bertz CT molecular complexity index is 859. The van der Waals surface area contributed by atoms with Crippen LogP contribution in [0.4, 0.5) is 0 Å². The Morgan fingerprint density at radius 3 is 2.85 bits per heavy atom. The lowest BCUT2D eigenvalue weighted by molar-refractivity contribution is -0.122. The van der Waals surface area contributed by atoms with Crippen molar-refractivity contribution >= 4 is 21.8 Å². The van der Waals surface area contributed by atoms with E-state index in [0.717, 1.165) is 17.1 Å². The molecule has 1 aromatic rings. The summed E-state index contributed by atoms with van der Waals surface area (Å²) in [5.74, 6) is 2.17. The fraction of sp³-hybridized carbons (Fsp3) is 0.444. The van der Waals surface area contributed by atoms with Crippen LogP contribution in [0, 0.1) is 18.3 Å². The van der Waals surface area contributed by atoms with Gasteiger partial charge in [0.05, 0.1) is 11.4 Å². The van der Waals surface area contributed by atoms with Gasteiger partial charge in [0.25, 0.3) is 5.91 Å². The lowest BCUT2D eigenvalue weighted by Gasteiger charge is -2.30. The van der Waals surface area contributed by atoms with Crippen molar-refractivity contribution in [1.82, 2.24) is 14.5 Å². The van der Waals surface area contributed by atoms with Crippen molar-refractivity contribution in [1.29, 1.82) is 0 Å². The molecule has 3 rings (SSSR count). The van der Waals surface area contributed by atoms with Crippen molar-refractivity contribution in [2.45, 2.75) is 17.7 Å². The molecule has 2 heterocycles. The van der Waals surface area contributed by atoms with Crippen LogP contribution in [-0.2, 0) is 14.8 Å². The largest absolute Gasteiger partial charge is 0.354 e. The van der Waals surface area contributed by atoms with E-state index in [0.29, 0.717) is 18.7 Å². The maximum Gasteiger partial charge on any atom is 0.253 e. The van der Waals surface area contributed by atoms with Gasteiger partial charge in [0.2, 0.25) is 15.9 Å². The van der Waals surface area contributed by atoms with Gasteiger partial charge in [0.15, 0.2) is 0 Å². The Balaban J connectivity index is 1.82. The summed E-state index contributed by atoms with van der Waals surface area (Å²) in [7, 11) is -3.83. The SMILES string of the molecule is C#C[C@@H]1CCCN(C(=O)c2cccc(S(=O)(=O)N3CCNC(=O)C3)c2)C1. The molecule has 2 saturated heterocycles. The van der Waals surface area contributed by atoms with Crippen LogP contribution in [-0.4, -0.2) is 62.2 Å². The number of terminal acetylenes is 1. The van der Waals surface area contributed by atoms with Gasteiger partial charge in [0, 0.05) is 37.7 Å². The molecule has 8 heteroatoms. The zero-order valence-electron chi connectivity index (χ0n) is 14.3. The summed E-state index contributed by atoms with van der Waals surface area (Å²) < 4.78 is 26.7. The fourth-order valence-corrected chi connectivity index (χ4v) is 4.68. The van der Waals surface area contributed by atoms with Crippen molar-refractivity contribution < 1.29 is 18.0 Å². The first-order valence-electron chi connectivity index (χ1n) is 8.54. The monoisotopic (exact) mass is 375 g/mol. The number of carbonyl (C=O) groups excluding carboxylic acids is 2. The smallest absolute Gasteiger partial charge is 0.253 e. The van der Waals surface area contributed by atoms with Gasteiger partial charge in [0.1, 0.15) is 0 Å². The molecule has 0 unspecified atom stereocenters. The molecule has 0 spiro atoms. The van der Waals surface area contributed by atoms with Gasteiger partial charge < -0.3 is 10.2 Å². The summed E-state index contributed by atoms with van der Waals surface area (Å²) in [4.78, 5) is 25.9. The van der Waals surface area contributed by atoms with Gasteiger partial charge >= 0.3 is 0 Å². The number of piperidine rings is 1.